The molecule has 0 bridgehead atoms. The van der Waals surface area contributed by atoms with Gasteiger partial charge in [-0.05, 0) is 32.6 Å². The fourth-order valence-electron chi connectivity index (χ4n) is 2.44. The fraction of sp³-hybridized carbons (Fsp3) is 0.833. The molecule has 8 heteroatoms. The van der Waals surface area contributed by atoms with Crippen LogP contribution in [0.4, 0.5) is 13.2 Å². The fourth-order valence-corrected chi connectivity index (χ4v) is 2.44. The van der Waals surface area contributed by atoms with Crippen LogP contribution in [-0.2, 0) is 14.3 Å². The van der Waals surface area contributed by atoms with E-state index in [0.29, 0.717) is 0 Å². The van der Waals surface area contributed by atoms with E-state index in [1.54, 1.807) is 0 Å². The Kier molecular flexibility index (Phi) is 3.70. The van der Waals surface area contributed by atoms with Crippen LogP contribution in [0.2, 0.25) is 0 Å². The number of nitrogens with one attached hydrogen (secondary N) is 1. The number of halogens is 3. The smallest absolute Gasteiger partial charge is 0.340 e. The average molecular weight is 294 g/mol. The number of nitrogens with zero attached hydrogens (tertiary/aromatic N) is 1. The van der Waals surface area contributed by atoms with Gasteiger partial charge in [0, 0.05) is 6.54 Å². The van der Waals surface area contributed by atoms with Crippen LogP contribution in [0.3, 0.4) is 0 Å². The van der Waals surface area contributed by atoms with Crippen molar-refractivity contribution in [2.24, 2.45) is 5.92 Å². The number of hydrogen-bond acceptors (Lipinski definition) is 3. The summed E-state index contributed by atoms with van der Waals surface area (Å²) in [7, 11) is 0. The monoisotopic (exact) mass is 294 g/mol. The van der Waals surface area contributed by atoms with E-state index in [2.05, 4.69) is 10.1 Å². The lowest BCUT2D eigenvalue weighted by Gasteiger charge is -2.43. The second-order valence-electron chi connectivity index (χ2n) is 5.69. The molecule has 114 valence electrons. The van der Waals surface area contributed by atoms with Gasteiger partial charge in [0.25, 0.3) is 0 Å². The lowest BCUT2D eigenvalue weighted by atomic mass is 9.95. The van der Waals surface area contributed by atoms with E-state index in [-0.39, 0.29) is 24.3 Å². The van der Waals surface area contributed by atoms with E-state index >= 15 is 0 Å². The maximum absolute atomic E-state index is 12.3. The lowest BCUT2D eigenvalue weighted by Crippen LogP contribution is -2.69. The molecule has 0 aromatic rings. The molecule has 1 aliphatic carbocycles. The predicted octanol–water partition coefficient (Wildman–Crippen LogP) is 1.04. The van der Waals surface area contributed by atoms with Gasteiger partial charge in [0.1, 0.15) is 11.6 Å². The summed E-state index contributed by atoms with van der Waals surface area (Å²) in [6, 6.07) is -0.674. The molecular formula is C12H17F3N2O3. The predicted molar refractivity (Wildman–Crippen MR) is 62.5 cm³/mol. The van der Waals surface area contributed by atoms with Gasteiger partial charge in [-0.25, -0.2) is 0 Å². The van der Waals surface area contributed by atoms with Crippen molar-refractivity contribution in [2.75, 3.05) is 13.2 Å². The van der Waals surface area contributed by atoms with Crippen molar-refractivity contribution in [1.29, 1.82) is 0 Å². The summed E-state index contributed by atoms with van der Waals surface area (Å²) in [6.45, 7) is 2.17. The molecule has 0 spiro atoms. The van der Waals surface area contributed by atoms with Crippen LogP contribution < -0.4 is 5.32 Å². The topological polar surface area (TPSA) is 58.6 Å². The summed E-state index contributed by atoms with van der Waals surface area (Å²) >= 11 is 0. The minimum absolute atomic E-state index is 0.0425. The quantitative estimate of drug-likeness (QED) is 0.843. The number of carbonyl (C=O) groups excluding carboxylic acids is 2. The molecule has 0 aromatic carbocycles. The summed E-state index contributed by atoms with van der Waals surface area (Å²) in [5.74, 6) is -0.634. The number of rotatable bonds is 4. The number of amides is 2. The number of ether oxygens (including phenoxy) is 1. The third kappa shape index (κ3) is 3.23. The van der Waals surface area contributed by atoms with E-state index in [0.717, 1.165) is 12.8 Å². The van der Waals surface area contributed by atoms with Gasteiger partial charge in [0.05, 0.1) is 6.61 Å². The van der Waals surface area contributed by atoms with Crippen LogP contribution in [0.1, 0.15) is 26.7 Å². The SMILES string of the molecule is CC1(C)NC(=O)C(C2CC2)N(CCOC(F)(F)F)C1=O. The zero-order valence-electron chi connectivity index (χ0n) is 11.3. The van der Waals surface area contributed by atoms with Crippen LogP contribution in [0.15, 0.2) is 0 Å². The van der Waals surface area contributed by atoms with Crippen molar-refractivity contribution < 1.29 is 27.5 Å². The first-order valence-electron chi connectivity index (χ1n) is 6.45. The Morgan fingerprint density at radius 3 is 2.45 bits per heavy atom. The number of alkyl halides is 3. The van der Waals surface area contributed by atoms with Crippen LogP contribution in [0.5, 0.6) is 0 Å². The molecule has 0 radical (unpaired) electrons. The Labute approximate surface area is 114 Å². The standard InChI is InChI=1S/C12H17F3N2O3/c1-11(2)10(19)17(5-6-20-12(13,14)15)8(7-3-4-7)9(18)16-11/h7-8H,3-6H2,1-2H3,(H,16,18). The Morgan fingerprint density at radius 2 is 1.95 bits per heavy atom. The van der Waals surface area contributed by atoms with Gasteiger partial charge in [-0.15, -0.1) is 13.2 Å². The van der Waals surface area contributed by atoms with Crippen LogP contribution in [0.25, 0.3) is 0 Å². The highest BCUT2D eigenvalue weighted by molar-refractivity contribution is 5.99. The van der Waals surface area contributed by atoms with E-state index in [4.69, 9.17) is 0 Å². The average Bonchev–Trinajstić information content (AvgIpc) is 3.06. The molecule has 1 aliphatic heterocycles. The summed E-state index contributed by atoms with van der Waals surface area (Å²) in [5.41, 5.74) is -1.10. The van der Waals surface area contributed by atoms with Gasteiger partial charge in [-0.2, -0.15) is 0 Å². The molecule has 1 saturated carbocycles. The first-order chi connectivity index (χ1) is 9.12. The highest BCUT2D eigenvalue weighted by Crippen LogP contribution is 2.38. The number of carbonyl (C=O) groups is 2. The second kappa shape index (κ2) is 4.91. The third-order valence-corrected chi connectivity index (χ3v) is 3.50. The van der Waals surface area contributed by atoms with Gasteiger partial charge in [0.2, 0.25) is 11.8 Å². The number of piperazine rings is 1. The van der Waals surface area contributed by atoms with Crippen LogP contribution in [0, 0.1) is 5.92 Å². The van der Waals surface area contributed by atoms with Crippen molar-refractivity contribution in [3.63, 3.8) is 0 Å². The summed E-state index contributed by atoms with van der Waals surface area (Å²) in [4.78, 5) is 25.5. The maximum Gasteiger partial charge on any atom is 0.522 e. The molecule has 5 nitrogen and oxygen atoms in total. The zero-order chi connectivity index (χ0) is 15.1. The van der Waals surface area contributed by atoms with Crippen LogP contribution in [-0.4, -0.2) is 47.8 Å². The molecule has 2 aliphatic rings. The molecular weight excluding hydrogens is 277 g/mol. The maximum atomic E-state index is 12.3. The summed E-state index contributed by atoms with van der Waals surface area (Å²) in [5, 5.41) is 2.62. The van der Waals surface area contributed by atoms with E-state index < -0.39 is 24.6 Å². The molecule has 1 heterocycles. The van der Waals surface area contributed by atoms with E-state index in [9.17, 15) is 22.8 Å². The molecule has 1 unspecified atom stereocenters. The third-order valence-electron chi connectivity index (χ3n) is 3.50. The minimum Gasteiger partial charge on any atom is -0.340 e. The zero-order valence-corrected chi connectivity index (χ0v) is 11.3. The van der Waals surface area contributed by atoms with Gasteiger partial charge in [0.15, 0.2) is 0 Å². The Balaban J connectivity index is 2.07. The van der Waals surface area contributed by atoms with Gasteiger partial charge < -0.3 is 10.2 Å². The largest absolute Gasteiger partial charge is 0.522 e. The molecule has 2 fully saturated rings. The van der Waals surface area contributed by atoms with E-state index in [1.807, 2.05) is 0 Å². The molecule has 1 saturated heterocycles. The van der Waals surface area contributed by atoms with Crippen molar-refractivity contribution in [2.45, 2.75) is 44.6 Å². The first kappa shape index (κ1) is 15.1. The number of hydrogen-bond donors (Lipinski definition) is 1. The molecule has 0 aromatic heterocycles. The molecule has 1 N–H and O–H groups in total. The van der Waals surface area contributed by atoms with Crippen LogP contribution >= 0.6 is 0 Å². The van der Waals surface area contributed by atoms with Crippen molar-refractivity contribution in [3.05, 3.63) is 0 Å². The molecule has 1 atom stereocenters. The molecule has 2 amide bonds. The lowest BCUT2D eigenvalue weighted by molar-refractivity contribution is -0.325. The van der Waals surface area contributed by atoms with Crippen molar-refractivity contribution in [3.8, 4) is 0 Å². The second-order valence-corrected chi connectivity index (χ2v) is 5.69. The van der Waals surface area contributed by atoms with Crippen molar-refractivity contribution >= 4 is 11.8 Å². The molecule has 20 heavy (non-hydrogen) atoms. The van der Waals surface area contributed by atoms with Gasteiger partial charge in [-0.1, -0.05) is 0 Å². The summed E-state index contributed by atoms with van der Waals surface area (Å²) in [6.07, 6.45) is -3.11. The highest BCUT2D eigenvalue weighted by Gasteiger charge is 2.50. The van der Waals surface area contributed by atoms with E-state index in [1.165, 1.54) is 18.7 Å². The van der Waals surface area contributed by atoms with Gasteiger partial charge in [-0.3, -0.25) is 14.3 Å². The highest BCUT2D eigenvalue weighted by atomic mass is 19.4. The molecule has 2 rings (SSSR count). The van der Waals surface area contributed by atoms with Crippen molar-refractivity contribution in [1.82, 2.24) is 10.2 Å². The summed E-state index contributed by atoms with van der Waals surface area (Å²) < 4.78 is 39.7. The first-order valence-corrected chi connectivity index (χ1v) is 6.45. The normalized spacial score (nSPS) is 26.6. The Bertz CT molecular complexity index is 419. The van der Waals surface area contributed by atoms with Gasteiger partial charge >= 0.3 is 6.36 Å². The Hall–Kier alpha value is -1.31. The minimum atomic E-state index is -4.73. The Morgan fingerprint density at radius 1 is 1.35 bits per heavy atom.